The number of hydrogen-bond donors (Lipinski definition) is 0. The van der Waals surface area contributed by atoms with E-state index in [0.717, 1.165) is 17.6 Å². The summed E-state index contributed by atoms with van der Waals surface area (Å²) in [6.45, 7) is 2.00. The Bertz CT molecular complexity index is 652. The van der Waals surface area contributed by atoms with Crippen molar-refractivity contribution in [2.24, 2.45) is 0 Å². The maximum Gasteiger partial charge on any atom is 0.108 e. The summed E-state index contributed by atoms with van der Waals surface area (Å²) in [6, 6.07) is 6.33. The van der Waals surface area contributed by atoms with Gasteiger partial charge < -0.3 is 14.2 Å². The molecule has 124 valence electrons. The lowest BCUT2D eigenvalue weighted by Crippen LogP contribution is -2.56. The molecular weight excluding hydrogens is 294 g/mol. The monoisotopic (exact) mass is 317 g/mol. The van der Waals surface area contributed by atoms with Gasteiger partial charge in [-0.05, 0) is 24.7 Å². The number of aromatic nitrogens is 2. The summed E-state index contributed by atoms with van der Waals surface area (Å²) in [6.07, 6.45) is 3.39. The first-order valence-corrected chi connectivity index (χ1v) is 7.76. The predicted octanol–water partition coefficient (Wildman–Crippen LogP) is 1.49. The van der Waals surface area contributed by atoms with Gasteiger partial charge in [0.15, 0.2) is 0 Å². The maximum atomic E-state index is 5.68. The summed E-state index contributed by atoms with van der Waals surface area (Å²) < 4.78 is 16.8. The lowest BCUT2D eigenvalue weighted by molar-refractivity contribution is -0.153. The van der Waals surface area contributed by atoms with Gasteiger partial charge in [-0.1, -0.05) is 6.07 Å². The van der Waals surface area contributed by atoms with Crippen LogP contribution in [0.5, 0.6) is 0 Å². The Morgan fingerprint density at radius 1 is 1.13 bits per heavy atom. The summed E-state index contributed by atoms with van der Waals surface area (Å²) in [4.78, 5) is 10.9. The van der Waals surface area contributed by atoms with Crippen LogP contribution in [0.15, 0.2) is 30.6 Å². The number of hydrogen-bond acceptors (Lipinski definition) is 6. The van der Waals surface area contributed by atoms with Crippen LogP contribution in [0.25, 0.3) is 11.0 Å². The van der Waals surface area contributed by atoms with Crippen molar-refractivity contribution in [1.29, 1.82) is 0 Å². The highest BCUT2D eigenvalue weighted by molar-refractivity contribution is 5.74. The average Bonchev–Trinajstić information content (AvgIpc) is 2.60. The Hall–Kier alpha value is -1.60. The van der Waals surface area contributed by atoms with Crippen LogP contribution in [0.3, 0.4) is 0 Å². The largest absolute Gasteiger partial charge is 0.377 e. The van der Waals surface area contributed by atoms with Crippen LogP contribution >= 0.6 is 0 Å². The van der Waals surface area contributed by atoms with Crippen molar-refractivity contribution in [3.8, 4) is 0 Å². The molecule has 6 nitrogen and oxygen atoms in total. The van der Waals surface area contributed by atoms with Crippen molar-refractivity contribution in [1.82, 2.24) is 14.9 Å². The smallest absolute Gasteiger partial charge is 0.108 e. The number of ether oxygens (including phenoxy) is 3. The van der Waals surface area contributed by atoms with Crippen LogP contribution in [0, 0.1) is 0 Å². The number of fused-ring (bicyclic) bond motifs is 1. The molecule has 3 atom stereocenters. The van der Waals surface area contributed by atoms with Crippen molar-refractivity contribution in [3.05, 3.63) is 36.2 Å². The van der Waals surface area contributed by atoms with Gasteiger partial charge in [-0.3, -0.25) is 14.9 Å². The van der Waals surface area contributed by atoms with E-state index in [4.69, 9.17) is 14.2 Å². The highest BCUT2D eigenvalue weighted by Gasteiger charge is 2.36. The Labute approximate surface area is 136 Å². The van der Waals surface area contributed by atoms with E-state index in [9.17, 15) is 0 Å². The summed E-state index contributed by atoms with van der Waals surface area (Å²) in [5, 5.41) is 0. The average molecular weight is 317 g/mol. The van der Waals surface area contributed by atoms with E-state index in [2.05, 4.69) is 34.0 Å². The fraction of sp³-hybridized carbons (Fsp3) is 0.529. The second-order valence-corrected chi connectivity index (χ2v) is 5.87. The van der Waals surface area contributed by atoms with Crippen LogP contribution in [-0.2, 0) is 20.8 Å². The zero-order valence-electron chi connectivity index (χ0n) is 13.8. The summed E-state index contributed by atoms with van der Waals surface area (Å²) in [5.41, 5.74) is 3.01. The van der Waals surface area contributed by atoms with Gasteiger partial charge in [0, 0.05) is 33.2 Å². The second-order valence-electron chi connectivity index (χ2n) is 5.87. The molecule has 0 unspecified atom stereocenters. The third kappa shape index (κ3) is 3.50. The van der Waals surface area contributed by atoms with Crippen LogP contribution < -0.4 is 0 Å². The molecular formula is C17H23N3O3. The van der Waals surface area contributed by atoms with E-state index in [1.54, 1.807) is 26.6 Å². The minimum absolute atomic E-state index is 0.000928. The fourth-order valence-corrected chi connectivity index (χ4v) is 3.14. The third-order valence-corrected chi connectivity index (χ3v) is 4.42. The molecule has 0 spiro atoms. The van der Waals surface area contributed by atoms with Gasteiger partial charge in [-0.25, -0.2) is 0 Å². The molecule has 6 heteroatoms. The molecule has 1 aromatic heterocycles. The lowest BCUT2D eigenvalue weighted by atomic mass is 10.0. The number of nitrogens with zero attached hydrogens (tertiary/aromatic N) is 3. The van der Waals surface area contributed by atoms with Crippen LogP contribution in [0.2, 0.25) is 0 Å². The van der Waals surface area contributed by atoms with Gasteiger partial charge in [0.1, 0.15) is 12.2 Å². The Morgan fingerprint density at radius 3 is 2.65 bits per heavy atom. The van der Waals surface area contributed by atoms with Crippen LogP contribution in [-0.4, -0.2) is 67.6 Å². The highest BCUT2D eigenvalue weighted by Crippen LogP contribution is 2.21. The zero-order valence-corrected chi connectivity index (χ0v) is 13.8. The van der Waals surface area contributed by atoms with E-state index in [1.165, 1.54) is 5.56 Å². The Balaban J connectivity index is 1.74. The first kappa shape index (κ1) is 16.3. The SMILES string of the molecule is CO[C@H]1[C@H](N(C)Cc2ccc3nccnc3c2)COC[C@H]1OC. The Kier molecular flexibility index (Phi) is 5.17. The first-order chi connectivity index (χ1) is 11.2. The molecule has 1 aliphatic heterocycles. The molecule has 2 heterocycles. The lowest BCUT2D eigenvalue weighted by Gasteiger charge is -2.40. The molecule has 0 N–H and O–H groups in total. The van der Waals surface area contributed by atoms with Gasteiger partial charge >= 0.3 is 0 Å². The molecule has 0 radical (unpaired) electrons. The minimum atomic E-state index is -0.0383. The third-order valence-electron chi connectivity index (χ3n) is 4.42. The van der Waals surface area contributed by atoms with Crippen molar-refractivity contribution in [3.63, 3.8) is 0 Å². The van der Waals surface area contributed by atoms with Gasteiger partial charge in [-0.2, -0.15) is 0 Å². The summed E-state index contributed by atoms with van der Waals surface area (Å²) in [7, 11) is 5.51. The molecule has 2 aromatic rings. The maximum absolute atomic E-state index is 5.68. The standard InChI is InChI=1S/C17H23N3O3/c1-20(15-10-23-11-16(21-2)17(15)22-3)9-12-4-5-13-14(8-12)19-7-6-18-13/h4-8,15-17H,9-11H2,1-3H3/t15-,16-,17+/m1/s1. The van der Waals surface area contributed by atoms with Crippen molar-refractivity contribution >= 4 is 11.0 Å². The van der Waals surface area contributed by atoms with E-state index in [1.807, 2.05) is 6.07 Å². The zero-order chi connectivity index (χ0) is 16.2. The van der Waals surface area contributed by atoms with E-state index in [-0.39, 0.29) is 18.2 Å². The topological polar surface area (TPSA) is 56.7 Å². The molecule has 1 aliphatic rings. The minimum Gasteiger partial charge on any atom is -0.377 e. The molecule has 1 saturated heterocycles. The van der Waals surface area contributed by atoms with E-state index < -0.39 is 0 Å². The Morgan fingerprint density at radius 2 is 1.91 bits per heavy atom. The summed E-state index contributed by atoms with van der Waals surface area (Å²) in [5.74, 6) is 0. The van der Waals surface area contributed by atoms with E-state index >= 15 is 0 Å². The highest BCUT2D eigenvalue weighted by atomic mass is 16.6. The fourth-order valence-electron chi connectivity index (χ4n) is 3.14. The number of rotatable bonds is 5. The molecule has 23 heavy (non-hydrogen) atoms. The van der Waals surface area contributed by atoms with Gasteiger partial charge in [0.25, 0.3) is 0 Å². The number of likely N-dealkylation sites (N-methyl/N-ethyl adjacent to an activating group) is 1. The normalized spacial score (nSPS) is 25.1. The molecule has 0 saturated carbocycles. The quantitative estimate of drug-likeness (QED) is 0.833. The van der Waals surface area contributed by atoms with Gasteiger partial charge in [0.05, 0.1) is 30.3 Å². The summed E-state index contributed by atoms with van der Waals surface area (Å²) >= 11 is 0. The predicted molar refractivity (Wildman–Crippen MR) is 87.2 cm³/mol. The molecule has 3 rings (SSSR count). The second kappa shape index (κ2) is 7.31. The van der Waals surface area contributed by atoms with E-state index in [0.29, 0.717) is 13.2 Å². The van der Waals surface area contributed by atoms with Crippen molar-refractivity contribution < 1.29 is 14.2 Å². The molecule has 0 aliphatic carbocycles. The van der Waals surface area contributed by atoms with Gasteiger partial charge in [-0.15, -0.1) is 0 Å². The molecule has 0 amide bonds. The van der Waals surface area contributed by atoms with Crippen molar-refractivity contribution in [2.45, 2.75) is 24.8 Å². The molecule has 1 aromatic carbocycles. The number of methoxy groups -OCH3 is 2. The molecule has 0 bridgehead atoms. The molecule has 1 fully saturated rings. The van der Waals surface area contributed by atoms with Crippen LogP contribution in [0.1, 0.15) is 5.56 Å². The van der Waals surface area contributed by atoms with Crippen LogP contribution in [0.4, 0.5) is 0 Å². The number of benzene rings is 1. The van der Waals surface area contributed by atoms with Gasteiger partial charge in [0.2, 0.25) is 0 Å². The first-order valence-electron chi connectivity index (χ1n) is 7.76. The van der Waals surface area contributed by atoms with Crippen molar-refractivity contribution in [2.75, 3.05) is 34.5 Å².